The second kappa shape index (κ2) is 5.18. The van der Waals surface area contributed by atoms with Gasteiger partial charge in [0, 0.05) is 31.7 Å². The summed E-state index contributed by atoms with van der Waals surface area (Å²) < 4.78 is 7.30. The number of morpholine rings is 1. The number of hydrogen-bond acceptors (Lipinski definition) is 3. The molecule has 1 aliphatic rings. The zero-order valence-corrected chi connectivity index (χ0v) is 11.6. The van der Waals surface area contributed by atoms with Crippen LogP contribution in [0.15, 0.2) is 12.3 Å². The SMILES string of the molecule is CC1CN(C(=O)c2ccnn2C)CC(CBr)O1. The molecule has 2 unspecified atom stereocenters. The van der Waals surface area contributed by atoms with Gasteiger partial charge in [0.1, 0.15) is 5.69 Å². The van der Waals surface area contributed by atoms with Gasteiger partial charge >= 0.3 is 0 Å². The molecule has 1 aliphatic heterocycles. The van der Waals surface area contributed by atoms with E-state index in [9.17, 15) is 4.79 Å². The number of halogens is 1. The minimum absolute atomic E-state index is 0.0195. The van der Waals surface area contributed by atoms with Crippen molar-refractivity contribution in [3.8, 4) is 0 Å². The fourth-order valence-corrected chi connectivity index (χ4v) is 2.40. The van der Waals surface area contributed by atoms with Crippen LogP contribution < -0.4 is 0 Å². The van der Waals surface area contributed by atoms with E-state index >= 15 is 0 Å². The highest BCUT2D eigenvalue weighted by Crippen LogP contribution is 2.15. The predicted octanol–water partition coefficient (Wildman–Crippen LogP) is 1.04. The molecule has 5 nitrogen and oxygen atoms in total. The van der Waals surface area contributed by atoms with Gasteiger partial charge < -0.3 is 9.64 Å². The minimum atomic E-state index is 0.0195. The second-order valence-electron chi connectivity index (χ2n) is 4.27. The Morgan fingerprint density at radius 3 is 3.00 bits per heavy atom. The van der Waals surface area contributed by atoms with Gasteiger partial charge in [0.25, 0.3) is 5.91 Å². The van der Waals surface area contributed by atoms with Crippen LogP contribution in [0, 0.1) is 0 Å². The van der Waals surface area contributed by atoms with Crippen molar-refractivity contribution in [1.82, 2.24) is 14.7 Å². The van der Waals surface area contributed by atoms with Gasteiger partial charge in [-0.2, -0.15) is 5.10 Å². The molecule has 1 aromatic heterocycles. The van der Waals surface area contributed by atoms with E-state index in [0.717, 1.165) is 5.33 Å². The van der Waals surface area contributed by atoms with Gasteiger partial charge in [-0.25, -0.2) is 0 Å². The summed E-state index contributed by atoms with van der Waals surface area (Å²) in [6.07, 6.45) is 1.78. The fraction of sp³-hybridized carbons (Fsp3) is 0.636. The number of aromatic nitrogens is 2. The molecule has 94 valence electrons. The molecule has 1 saturated heterocycles. The van der Waals surface area contributed by atoms with E-state index in [0.29, 0.717) is 18.8 Å². The van der Waals surface area contributed by atoms with Crippen molar-refractivity contribution < 1.29 is 9.53 Å². The first kappa shape index (κ1) is 12.6. The normalized spacial score (nSPS) is 25.0. The van der Waals surface area contributed by atoms with Gasteiger partial charge in [-0.3, -0.25) is 9.48 Å². The van der Waals surface area contributed by atoms with Crippen molar-refractivity contribution >= 4 is 21.8 Å². The van der Waals surface area contributed by atoms with Crippen LogP contribution in [0.5, 0.6) is 0 Å². The van der Waals surface area contributed by atoms with Crippen molar-refractivity contribution in [2.45, 2.75) is 19.1 Å². The van der Waals surface area contributed by atoms with Crippen LogP contribution in [0.25, 0.3) is 0 Å². The Hall–Kier alpha value is -0.880. The smallest absolute Gasteiger partial charge is 0.272 e. The summed E-state index contributed by atoms with van der Waals surface area (Å²) in [5.74, 6) is 0.0195. The minimum Gasteiger partial charge on any atom is -0.371 e. The largest absolute Gasteiger partial charge is 0.371 e. The van der Waals surface area contributed by atoms with Crippen molar-refractivity contribution in [1.29, 1.82) is 0 Å². The van der Waals surface area contributed by atoms with E-state index in [1.807, 2.05) is 11.8 Å². The van der Waals surface area contributed by atoms with E-state index in [2.05, 4.69) is 21.0 Å². The predicted molar refractivity (Wildman–Crippen MR) is 67.2 cm³/mol. The molecule has 0 aromatic carbocycles. The summed E-state index contributed by atoms with van der Waals surface area (Å²) in [6, 6.07) is 1.74. The highest BCUT2D eigenvalue weighted by molar-refractivity contribution is 9.09. The molecule has 0 N–H and O–H groups in total. The monoisotopic (exact) mass is 301 g/mol. The Morgan fingerprint density at radius 1 is 1.65 bits per heavy atom. The maximum atomic E-state index is 12.3. The van der Waals surface area contributed by atoms with E-state index in [-0.39, 0.29) is 18.1 Å². The number of carbonyl (C=O) groups excluding carboxylic acids is 1. The lowest BCUT2D eigenvalue weighted by atomic mass is 10.2. The van der Waals surface area contributed by atoms with E-state index < -0.39 is 0 Å². The second-order valence-corrected chi connectivity index (χ2v) is 4.92. The molecule has 0 saturated carbocycles. The summed E-state index contributed by atoms with van der Waals surface area (Å²) in [6.45, 7) is 3.24. The Bertz CT molecular complexity index is 407. The number of ether oxygens (including phenoxy) is 1. The quantitative estimate of drug-likeness (QED) is 0.767. The molecule has 2 heterocycles. The number of rotatable bonds is 2. The molecule has 1 aromatic rings. The maximum Gasteiger partial charge on any atom is 0.272 e. The Kier molecular flexibility index (Phi) is 3.83. The zero-order valence-electron chi connectivity index (χ0n) is 9.97. The standard InChI is InChI=1S/C11H16BrN3O2/c1-8-6-15(7-9(5-12)17-8)11(16)10-3-4-13-14(10)2/h3-4,8-9H,5-7H2,1-2H3. The van der Waals surface area contributed by atoms with Crippen LogP contribution in [0.4, 0.5) is 0 Å². The average Bonchev–Trinajstić information content (AvgIpc) is 2.73. The lowest BCUT2D eigenvalue weighted by Crippen LogP contribution is -2.50. The van der Waals surface area contributed by atoms with Gasteiger partial charge in [-0.1, -0.05) is 15.9 Å². The molecule has 0 radical (unpaired) electrons. The Labute approximate surface area is 109 Å². The molecule has 6 heteroatoms. The first-order valence-corrected chi connectivity index (χ1v) is 6.72. The number of hydrogen-bond donors (Lipinski definition) is 0. The van der Waals surface area contributed by atoms with E-state index in [1.54, 1.807) is 24.0 Å². The molecule has 17 heavy (non-hydrogen) atoms. The van der Waals surface area contributed by atoms with Crippen molar-refractivity contribution in [2.75, 3.05) is 18.4 Å². The summed E-state index contributed by atoms with van der Waals surface area (Å²) in [7, 11) is 1.78. The van der Waals surface area contributed by atoms with Crippen molar-refractivity contribution in [3.63, 3.8) is 0 Å². The fourth-order valence-electron chi connectivity index (χ4n) is 2.04. The topological polar surface area (TPSA) is 47.4 Å². The first-order chi connectivity index (χ1) is 8.11. The van der Waals surface area contributed by atoms with Gasteiger partial charge in [0.05, 0.1) is 12.2 Å². The highest BCUT2D eigenvalue weighted by atomic mass is 79.9. The summed E-state index contributed by atoms with van der Waals surface area (Å²) in [5.41, 5.74) is 0.618. The van der Waals surface area contributed by atoms with Crippen LogP contribution >= 0.6 is 15.9 Å². The van der Waals surface area contributed by atoms with Crippen LogP contribution in [-0.4, -0.2) is 51.2 Å². The van der Waals surface area contributed by atoms with Gasteiger partial charge in [0.2, 0.25) is 0 Å². The number of nitrogens with zero attached hydrogens (tertiary/aromatic N) is 3. The van der Waals surface area contributed by atoms with Crippen molar-refractivity contribution in [2.24, 2.45) is 7.05 Å². The zero-order chi connectivity index (χ0) is 12.4. The number of aryl methyl sites for hydroxylation is 1. The number of carbonyl (C=O) groups is 1. The van der Waals surface area contributed by atoms with E-state index in [4.69, 9.17) is 4.74 Å². The Morgan fingerprint density at radius 2 is 2.41 bits per heavy atom. The maximum absolute atomic E-state index is 12.3. The highest BCUT2D eigenvalue weighted by Gasteiger charge is 2.29. The van der Waals surface area contributed by atoms with Gasteiger partial charge in [-0.15, -0.1) is 0 Å². The molecule has 1 amide bonds. The number of amides is 1. The lowest BCUT2D eigenvalue weighted by molar-refractivity contribution is -0.0562. The third kappa shape index (κ3) is 2.69. The Balaban J connectivity index is 2.11. The summed E-state index contributed by atoms with van der Waals surface area (Å²) in [5, 5.41) is 4.76. The molecular weight excluding hydrogens is 286 g/mol. The van der Waals surface area contributed by atoms with Crippen LogP contribution in [0.1, 0.15) is 17.4 Å². The molecule has 0 spiro atoms. The summed E-state index contributed by atoms with van der Waals surface area (Å²) in [4.78, 5) is 14.1. The molecule has 0 aliphatic carbocycles. The third-order valence-corrected chi connectivity index (χ3v) is 3.55. The molecule has 1 fully saturated rings. The third-order valence-electron chi connectivity index (χ3n) is 2.83. The lowest BCUT2D eigenvalue weighted by Gasteiger charge is -2.36. The average molecular weight is 302 g/mol. The molecule has 2 atom stereocenters. The van der Waals surface area contributed by atoms with Crippen LogP contribution in [0.3, 0.4) is 0 Å². The number of alkyl halides is 1. The summed E-state index contributed by atoms with van der Waals surface area (Å²) >= 11 is 3.40. The van der Waals surface area contributed by atoms with Crippen LogP contribution in [-0.2, 0) is 11.8 Å². The van der Waals surface area contributed by atoms with Gasteiger partial charge in [-0.05, 0) is 13.0 Å². The molecule has 0 bridgehead atoms. The van der Waals surface area contributed by atoms with E-state index in [1.165, 1.54) is 0 Å². The molecular formula is C11H16BrN3O2. The van der Waals surface area contributed by atoms with Crippen LogP contribution in [0.2, 0.25) is 0 Å². The first-order valence-electron chi connectivity index (χ1n) is 5.60. The molecule has 2 rings (SSSR count). The van der Waals surface area contributed by atoms with Gasteiger partial charge in [0.15, 0.2) is 0 Å². The van der Waals surface area contributed by atoms with Crippen molar-refractivity contribution in [3.05, 3.63) is 18.0 Å².